The number of ether oxygens (including phenoxy) is 1. The number of hydrogen-bond donors (Lipinski definition) is 0. The van der Waals surface area contributed by atoms with Gasteiger partial charge in [0, 0.05) is 12.8 Å². The lowest BCUT2D eigenvalue weighted by Gasteiger charge is -2.43. The van der Waals surface area contributed by atoms with Gasteiger partial charge in [-0.1, -0.05) is 63.2 Å². The number of carbonyl (C=O) groups excluding carboxylic acids is 1. The monoisotopic (exact) mass is 415 g/mol. The first-order chi connectivity index (χ1) is 13.5. The summed E-state index contributed by atoms with van der Waals surface area (Å²) in [6.45, 7) is 7.43. The van der Waals surface area contributed by atoms with Crippen LogP contribution in [0, 0.1) is 5.41 Å². The van der Waals surface area contributed by atoms with Crippen LogP contribution in [0.3, 0.4) is 0 Å². The summed E-state index contributed by atoms with van der Waals surface area (Å²) in [5.74, 6) is 0.0237. The first-order valence-electron chi connectivity index (χ1n) is 9.81. The van der Waals surface area contributed by atoms with E-state index in [4.69, 9.17) is 4.74 Å². The molecule has 1 aliphatic heterocycles. The van der Waals surface area contributed by atoms with Crippen LogP contribution in [0.1, 0.15) is 38.0 Å². The van der Waals surface area contributed by atoms with E-state index >= 15 is 0 Å². The fourth-order valence-corrected chi connectivity index (χ4v) is 4.06. The number of nitrogens with zero attached hydrogens (tertiary/aromatic N) is 1. The molecule has 0 bridgehead atoms. The zero-order valence-electron chi connectivity index (χ0n) is 17.5. The summed E-state index contributed by atoms with van der Waals surface area (Å²) >= 11 is 0. The molecular weight excluding hydrogens is 386 g/mol. The van der Waals surface area contributed by atoms with Crippen LogP contribution in [-0.4, -0.2) is 44.7 Å². The number of rotatable bonds is 4. The molecule has 0 aliphatic carbocycles. The first kappa shape index (κ1) is 21.5. The van der Waals surface area contributed by atoms with Crippen molar-refractivity contribution in [2.75, 3.05) is 19.3 Å². The number of benzene rings is 2. The van der Waals surface area contributed by atoms with Crippen molar-refractivity contribution in [2.45, 2.75) is 44.3 Å². The Morgan fingerprint density at radius 2 is 1.66 bits per heavy atom. The van der Waals surface area contributed by atoms with Gasteiger partial charge in [-0.25, -0.2) is 8.42 Å². The highest BCUT2D eigenvalue weighted by atomic mass is 32.2. The van der Waals surface area contributed by atoms with Crippen molar-refractivity contribution in [3.05, 3.63) is 65.7 Å². The summed E-state index contributed by atoms with van der Waals surface area (Å²) in [5, 5.41) is 0. The van der Waals surface area contributed by atoms with E-state index < -0.39 is 9.84 Å². The van der Waals surface area contributed by atoms with Crippen LogP contribution in [0.2, 0.25) is 0 Å². The van der Waals surface area contributed by atoms with Gasteiger partial charge in [0.05, 0.1) is 24.0 Å². The fraction of sp³-hybridized carbons (Fsp3) is 0.435. The molecule has 2 atom stereocenters. The van der Waals surface area contributed by atoms with Gasteiger partial charge in [0.25, 0.3) is 0 Å². The summed E-state index contributed by atoms with van der Waals surface area (Å²) in [6, 6.07) is 16.5. The van der Waals surface area contributed by atoms with Crippen LogP contribution < -0.4 is 0 Å². The van der Waals surface area contributed by atoms with E-state index in [0.717, 1.165) is 11.1 Å². The van der Waals surface area contributed by atoms with Crippen molar-refractivity contribution in [1.29, 1.82) is 0 Å². The lowest BCUT2D eigenvalue weighted by atomic mass is 9.87. The highest BCUT2D eigenvalue weighted by Crippen LogP contribution is 2.33. The molecule has 156 valence electrons. The maximum absolute atomic E-state index is 13.1. The first-order valence-corrected chi connectivity index (χ1v) is 11.7. The Kier molecular flexibility index (Phi) is 6.15. The van der Waals surface area contributed by atoms with Crippen LogP contribution in [0.4, 0.5) is 0 Å². The van der Waals surface area contributed by atoms with E-state index in [1.165, 1.54) is 6.26 Å². The molecule has 1 saturated heterocycles. The van der Waals surface area contributed by atoms with E-state index in [0.29, 0.717) is 13.1 Å². The van der Waals surface area contributed by atoms with Gasteiger partial charge >= 0.3 is 0 Å². The topological polar surface area (TPSA) is 63.7 Å². The molecule has 0 saturated carbocycles. The SMILES string of the molecule is CC(C)(C)[C@H]1CN(C(=O)Cc2ccc(S(C)(=O)=O)cc2)C[C@@H](c2ccccc2)O1. The van der Waals surface area contributed by atoms with E-state index in [1.54, 1.807) is 24.3 Å². The van der Waals surface area contributed by atoms with Crippen LogP contribution in [-0.2, 0) is 25.8 Å². The van der Waals surface area contributed by atoms with E-state index in [9.17, 15) is 13.2 Å². The smallest absolute Gasteiger partial charge is 0.227 e. The second-order valence-corrected chi connectivity index (χ2v) is 10.8. The molecule has 2 aromatic carbocycles. The summed E-state index contributed by atoms with van der Waals surface area (Å²) < 4.78 is 29.6. The molecule has 1 aliphatic rings. The average Bonchev–Trinajstić information content (AvgIpc) is 2.67. The maximum Gasteiger partial charge on any atom is 0.227 e. The highest BCUT2D eigenvalue weighted by Gasteiger charge is 2.37. The molecule has 29 heavy (non-hydrogen) atoms. The minimum absolute atomic E-state index is 0.0237. The second kappa shape index (κ2) is 8.28. The van der Waals surface area contributed by atoms with Gasteiger partial charge < -0.3 is 9.64 Å². The number of hydrogen-bond acceptors (Lipinski definition) is 4. The molecule has 3 rings (SSSR count). The van der Waals surface area contributed by atoms with Gasteiger partial charge in [-0.15, -0.1) is 0 Å². The van der Waals surface area contributed by atoms with Gasteiger partial charge in [-0.05, 0) is 28.7 Å². The second-order valence-electron chi connectivity index (χ2n) is 8.78. The van der Waals surface area contributed by atoms with Crippen molar-refractivity contribution in [2.24, 2.45) is 5.41 Å². The van der Waals surface area contributed by atoms with E-state index in [2.05, 4.69) is 20.8 Å². The molecule has 1 fully saturated rings. The lowest BCUT2D eigenvalue weighted by molar-refractivity contribution is -0.156. The largest absolute Gasteiger partial charge is 0.366 e. The average molecular weight is 416 g/mol. The van der Waals surface area contributed by atoms with Crippen molar-refractivity contribution in [3.63, 3.8) is 0 Å². The minimum atomic E-state index is -3.24. The molecule has 0 spiro atoms. The third-order valence-corrected chi connectivity index (χ3v) is 6.43. The van der Waals surface area contributed by atoms with Gasteiger partial charge in [0.2, 0.25) is 5.91 Å². The lowest BCUT2D eigenvalue weighted by Crippen LogP contribution is -2.51. The summed E-state index contributed by atoms with van der Waals surface area (Å²) in [7, 11) is -3.24. The zero-order valence-corrected chi connectivity index (χ0v) is 18.3. The standard InChI is InChI=1S/C23H29NO4S/c1-23(2,3)21-16-24(15-20(28-21)18-8-6-5-7-9-18)22(25)14-17-10-12-19(13-11-17)29(4,26)27/h5-13,20-21H,14-16H2,1-4H3/t20-,21+/m0/s1. The van der Waals surface area contributed by atoms with Crippen molar-refractivity contribution < 1.29 is 17.9 Å². The number of morpholine rings is 1. The predicted octanol–water partition coefficient (Wildman–Crippen LogP) is 3.65. The highest BCUT2D eigenvalue weighted by molar-refractivity contribution is 7.90. The fourth-order valence-electron chi connectivity index (χ4n) is 3.43. The van der Waals surface area contributed by atoms with Crippen molar-refractivity contribution >= 4 is 15.7 Å². The molecule has 0 aromatic heterocycles. The normalized spacial score (nSPS) is 20.5. The third-order valence-electron chi connectivity index (χ3n) is 5.30. The number of amides is 1. The Labute approximate surface area is 173 Å². The molecule has 1 heterocycles. The molecule has 6 heteroatoms. The molecule has 0 N–H and O–H groups in total. The minimum Gasteiger partial charge on any atom is -0.366 e. The van der Waals surface area contributed by atoms with Crippen LogP contribution in [0.5, 0.6) is 0 Å². The van der Waals surface area contributed by atoms with Gasteiger partial charge in [-0.2, -0.15) is 0 Å². The quantitative estimate of drug-likeness (QED) is 0.765. The van der Waals surface area contributed by atoms with Gasteiger partial charge in [0.1, 0.15) is 6.10 Å². The Morgan fingerprint density at radius 3 is 2.21 bits per heavy atom. The van der Waals surface area contributed by atoms with Crippen LogP contribution >= 0.6 is 0 Å². The summed E-state index contributed by atoms with van der Waals surface area (Å²) in [5.41, 5.74) is 1.78. The predicted molar refractivity (Wildman–Crippen MR) is 113 cm³/mol. The van der Waals surface area contributed by atoms with Crippen molar-refractivity contribution in [3.8, 4) is 0 Å². The molecule has 5 nitrogen and oxygen atoms in total. The Balaban J connectivity index is 1.77. The number of sulfone groups is 1. The molecular formula is C23H29NO4S. The Hall–Kier alpha value is -2.18. The van der Waals surface area contributed by atoms with Crippen LogP contribution in [0.25, 0.3) is 0 Å². The summed E-state index contributed by atoms with van der Waals surface area (Å²) in [4.78, 5) is 15.2. The van der Waals surface area contributed by atoms with E-state index in [-0.39, 0.29) is 34.8 Å². The van der Waals surface area contributed by atoms with Gasteiger partial charge in [-0.3, -0.25) is 4.79 Å². The Bertz CT molecular complexity index is 947. The maximum atomic E-state index is 13.1. The van der Waals surface area contributed by atoms with Gasteiger partial charge in [0.15, 0.2) is 9.84 Å². The molecule has 0 unspecified atom stereocenters. The molecule has 2 aromatic rings. The molecule has 0 radical (unpaired) electrons. The van der Waals surface area contributed by atoms with Crippen LogP contribution in [0.15, 0.2) is 59.5 Å². The summed E-state index contributed by atoms with van der Waals surface area (Å²) in [6.07, 6.45) is 1.18. The zero-order chi connectivity index (χ0) is 21.2. The Morgan fingerprint density at radius 1 is 1.03 bits per heavy atom. The number of carbonyl (C=O) groups is 1. The van der Waals surface area contributed by atoms with Crippen molar-refractivity contribution in [1.82, 2.24) is 4.90 Å². The molecule has 1 amide bonds. The van der Waals surface area contributed by atoms with E-state index in [1.807, 2.05) is 35.2 Å². The third kappa shape index (κ3) is 5.46.